The molecular formula is C6H4Cl4N3O2Sb. The molecule has 0 unspecified atom stereocenters. The van der Waals surface area contributed by atoms with Gasteiger partial charge < -0.3 is 0 Å². The predicted octanol–water partition coefficient (Wildman–Crippen LogP) is 4.46. The van der Waals surface area contributed by atoms with E-state index in [1.54, 1.807) is 0 Å². The Hall–Kier alpha value is 0.0182. The molecule has 0 aliphatic heterocycles. The van der Waals surface area contributed by atoms with E-state index in [4.69, 9.17) is 40.7 Å². The van der Waals surface area contributed by atoms with Crippen molar-refractivity contribution in [1.29, 1.82) is 5.39 Å². The molecule has 5 nitrogen and oxygen atoms in total. The van der Waals surface area contributed by atoms with Crippen LogP contribution in [0, 0.1) is 15.5 Å². The minimum absolute atomic E-state index is 0.0831. The molecule has 10 heteroatoms. The molecule has 0 N–H and O–H groups in total. The van der Waals surface area contributed by atoms with Gasteiger partial charge in [-0.3, -0.25) is 10.1 Å². The number of nitro groups is 1. The molecule has 0 saturated heterocycles. The van der Waals surface area contributed by atoms with Crippen LogP contribution in [0.5, 0.6) is 0 Å². The molecule has 0 fully saturated rings. The Bertz CT molecular complexity index is 411. The summed E-state index contributed by atoms with van der Waals surface area (Å²) in [5, 5.41) is 18.4. The third-order valence-electron chi connectivity index (χ3n) is 1.16. The van der Waals surface area contributed by atoms with Crippen LogP contribution in [0.1, 0.15) is 0 Å². The molecule has 1 aromatic rings. The summed E-state index contributed by atoms with van der Waals surface area (Å²) in [6.45, 7) is 0. The minimum atomic E-state index is -3.21. The van der Waals surface area contributed by atoms with E-state index in [-0.39, 0.29) is 11.4 Å². The topological polar surface area (TPSA) is 71.3 Å². The second-order valence-corrected chi connectivity index (χ2v) is 25.0. The monoisotopic (exact) mass is 411 g/mol. The van der Waals surface area contributed by atoms with Crippen molar-refractivity contribution >= 4 is 60.9 Å². The standard InChI is InChI=1S/C6H4N3O2.4ClH.Sb/c7-8-5-2-1-3-6(4-5)9(10)11;;;;;/h1-4H;4*1H;/q+1;;;;;+3/p-4. The molecule has 0 amide bonds. The summed E-state index contributed by atoms with van der Waals surface area (Å²) in [4.78, 5) is 12.4. The van der Waals surface area contributed by atoms with Gasteiger partial charge in [-0.25, -0.2) is 0 Å². The number of nitrogens with zero attached hydrogens (tertiary/aromatic N) is 3. The maximum absolute atomic E-state index is 10.2. The van der Waals surface area contributed by atoms with Gasteiger partial charge in [0, 0.05) is 12.1 Å². The second kappa shape index (κ2) is 7.36. The van der Waals surface area contributed by atoms with Gasteiger partial charge in [-0.15, -0.1) is 0 Å². The number of non-ortho nitro benzene ring substituents is 1. The van der Waals surface area contributed by atoms with Gasteiger partial charge in [0.25, 0.3) is 5.69 Å². The molecule has 1 rings (SSSR count). The predicted molar refractivity (Wildman–Crippen MR) is 67.0 cm³/mol. The molecule has 16 heavy (non-hydrogen) atoms. The summed E-state index contributed by atoms with van der Waals surface area (Å²) in [5.41, 5.74) is 0.0968. The van der Waals surface area contributed by atoms with E-state index in [0.717, 1.165) is 0 Å². The number of benzene rings is 1. The van der Waals surface area contributed by atoms with Crippen molar-refractivity contribution in [2.45, 2.75) is 0 Å². The first kappa shape index (κ1) is 16.0. The first-order valence-corrected chi connectivity index (χ1v) is 16.4. The van der Waals surface area contributed by atoms with E-state index in [1.165, 1.54) is 24.3 Å². The molecule has 0 aliphatic carbocycles. The molecule has 0 heterocycles. The third kappa shape index (κ3) is 9.26. The van der Waals surface area contributed by atoms with Gasteiger partial charge in [0.05, 0.1) is 4.92 Å². The van der Waals surface area contributed by atoms with Gasteiger partial charge >= 0.3 is 55.2 Å². The zero-order chi connectivity index (χ0) is 12.8. The van der Waals surface area contributed by atoms with Crippen molar-refractivity contribution in [2.24, 2.45) is 0 Å². The average molecular weight is 414 g/mol. The first-order chi connectivity index (χ1) is 7.24. The van der Waals surface area contributed by atoms with E-state index in [2.05, 4.69) is 4.98 Å². The maximum atomic E-state index is 10.2. The third-order valence-corrected chi connectivity index (χ3v) is 1.16. The molecule has 1 aromatic carbocycles. The van der Waals surface area contributed by atoms with Crippen molar-refractivity contribution in [3.05, 3.63) is 39.4 Å². The summed E-state index contributed by atoms with van der Waals surface area (Å²) < 4.78 is 0. The van der Waals surface area contributed by atoms with E-state index < -0.39 is 19.2 Å². The zero-order valence-electron chi connectivity index (χ0n) is 7.43. The molecule has 0 aromatic heterocycles. The van der Waals surface area contributed by atoms with Crippen LogP contribution in [0.4, 0.5) is 11.4 Å². The fourth-order valence-corrected chi connectivity index (χ4v) is 0.669. The fourth-order valence-electron chi connectivity index (χ4n) is 0.669. The summed E-state index contributed by atoms with van der Waals surface area (Å²) in [6.07, 6.45) is 0. The normalized spacial score (nSPS) is 10.7. The molecule has 0 spiro atoms. The van der Waals surface area contributed by atoms with E-state index in [0.29, 0.717) is 0 Å². The van der Waals surface area contributed by atoms with Gasteiger partial charge in [0.15, 0.2) is 4.98 Å². The Morgan fingerprint density at radius 2 is 1.81 bits per heavy atom. The quantitative estimate of drug-likeness (QED) is 0.295. The molecule has 0 bridgehead atoms. The SMILES string of the molecule is N#[N+]c1cccc([N+](=O)[O-])c1.[Cl][Sb-]([Cl])([Cl])[Cl]. The molecule has 0 radical (unpaired) electrons. The molecule has 0 atom stereocenters. The summed E-state index contributed by atoms with van der Waals surface area (Å²) in [7, 11) is 20.1. The van der Waals surface area contributed by atoms with E-state index in [1.807, 2.05) is 0 Å². The van der Waals surface area contributed by atoms with Gasteiger partial charge in [0.2, 0.25) is 5.39 Å². The Morgan fingerprint density at radius 1 is 1.31 bits per heavy atom. The molecule has 88 valence electrons. The van der Waals surface area contributed by atoms with Gasteiger partial charge in [-0.2, -0.15) is 0 Å². The molecule has 0 aliphatic rings. The van der Waals surface area contributed by atoms with Crippen molar-refractivity contribution in [2.75, 3.05) is 0 Å². The van der Waals surface area contributed by atoms with Crippen LogP contribution < -0.4 is 0 Å². The summed E-state index contributed by atoms with van der Waals surface area (Å²) in [5.74, 6) is 0. The van der Waals surface area contributed by atoms with E-state index >= 15 is 0 Å². The number of nitro benzene ring substituents is 1. The van der Waals surface area contributed by atoms with Crippen molar-refractivity contribution < 1.29 is 4.92 Å². The summed E-state index contributed by atoms with van der Waals surface area (Å²) in [6, 6.07) is 5.43. The Morgan fingerprint density at radius 3 is 2.19 bits per heavy atom. The van der Waals surface area contributed by atoms with Gasteiger partial charge in [-0.1, -0.05) is 0 Å². The van der Waals surface area contributed by atoms with Crippen LogP contribution in [0.25, 0.3) is 4.98 Å². The van der Waals surface area contributed by atoms with Crippen LogP contribution >= 0.6 is 35.3 Å². The zero-order valence-corrected chi connectivity index (χ0v) is 13.0. The van der Waals surface area contributed by atoms with E-state index in [9.17, 15) is 10.1 Å². The van der Waals surface area contributed by atoms with Crippen LogP contribution in [0.3, 0.4) is 0 Å². The van der Waals surface area contributed by atoms with Crippen molar-refractivity contribution in [3.8, 4) is 0 Å². The first-order valence-electron chi connectivity index (χ1n) is 3.51. The molecular weight excluding hydrogens is 410 g/mol. The van der Waals surface area contributed by atoms with Gasteiger partial charge in [-0.05, 0) is 6.07 Å². The Labute approximate surface area is 110 Å². The summed E-state index contributed by atoms with van der Waals surface area (Å²) >= 11 is -3.21. The van der Waals surface area contributed by atoms with Crippen molar-refractivity contribution in [3.63, 3.8) is 0 Å². The van der Waals surface area contributed by atoms with Crippen LogP contribution in [0.15, 0.2) is 24.3 Å². The van der Waals surface area contributed by atoms with Crippen LogP contribution in [-0.4, -0.2) is 19.2 Å². The second-order valence-electron chi connectivity index (χ2n) is 2.26. The van der Waals surface area contributed by atoms with Gasteiger partial charge in [0.1, 0.15) is 6.07 Å². The number of diazo groups is 1. The average Bonchev–Trinajstić information content (AvgIpc) is 2.15. The van der Waals surface area contributed by atoms with Crippen molar-refractivity contribution in [1.82, 2.24) is 0 Å². The Balaban J connectivity index is 0.000000385. The number of halogens is 4. The van der Waals surface area contributed by atoms with Crippen LogP contribution in [0.2, 0.25) is 0 Å². The number of hydrogen-bond acceptors (Lipinski definition) is 3. The fraction of sp³-hybridized carbons (Fsp3) is 0. The number of rotatable bonds is 1. The molecule has 0 saturated carbocycles. The van der Waals surface area contributed by atoms with Crippen LogP contribution in [-0.2, 0) is 0 Å². The number of hydrogen-bond donors (Lipinski definition) is 0. The Kier molecular flexibility index (Phi) is 7.37.